The fraction of sp³-hybridized carbons (Fsp3) is 0.556. The summed E-state index contributed by atoms with van der Waals surface area (Å²) in [5.74, 6) is -8.40. The van der Waals surface area contributed by atoms with E-state index in [9.17, 15) is 14.4 Å². The first kappa shape index (κ1) is 13.4. The first-order valence-electron chi connectivity index (χ1n) is 4.34. The SMILES string of the molecule is [CH2]C(C(=O)O)C(C(=O)O)C(CC)C(=O)O. The molecular weight excluding hydrogens is 204 g/mol. The van der Waals surface area contributed by atoms with Crippen LogP contribution in [-0.4, -0.2) is 33.2 Å². The molecule has 0 bridgehead atoms. The summed E-state index contributed by atoms with van der Waals surface area (Å²) in [6.07, 6.45) is 0.0472. The summed E-state index contributed by atoms with van der Waals surface area (Å²) in [4.78, 5) is 32.1. The average Bonchev–Trinajstić information content (AvgIpc) is 2.11. The highest BCUT2D eigenvalue weighted by Crippen LogP contribution is 2.24. The van der Waals surface area contributed by atoms with Gasteiger partial charge in [0.15, 0.2) is 0 Å². The van der Waals surface area contributed by atoms with Crippen LogP contribution in [0.2, 0.25) is 0 Å². The minimum absolute atomic E-state index is 0.0472. The topological polar surface area (TPSA) is 112 Å². The van der Waals surface area contributed by atoms with Gasteiger partial charge in [-0.2, -0.15) is 0 Å². The van der Waals surface area contributed by atoms with Gasteiger partial charge >= 0.3 is 17.9 Å². The fourth-order valence-electron chi connectivity index (χ4n) is 1.36. The van der Waals surface area contributed by atoms with Gasteiger partial charge in [-0.05, 0) is 13.3 Å². The molecule has 0 aromatic heterocycles. The van der Waals surface area contributed by atoms with E-state index in [-0.39, 0.29) is 6.42 Å². The molecule has 0 saturated heterocycles. The Labute approximate surface area is 86.5 Å². The molecule has 0 aliphatic carbocycles. The van der Waals surface area contributed by atoms with Crippen LogP contribution in [0.5, 0.6) is 0 Å². The van der Waals surface area contributed by atoms with E-state index in [0.29, 0.717) is 0 Å². The van der Waals surface area contributed by atoms with Crippen molar-refractivity contribution in [2.24, 2.45) is 17.8 Å². The predicted molar refractivity (Wildman–Crippen MR) is 49.0 cm³/mol. The molecule has 85 valence electrons. The van der Waals surface area contributed by atoms with Crippen LogP contribution in [0.15, 0.2) is 0 Å². The molecule has 3 atom stereocenters. The number of hydrogen-bond donors (Lipinski definition) is 3. The molecule has 0 spiro atoms. The van der Waals surface area contributed by atoms with Crippen LogP contribution in [0.1, 0.15) is 13.3 Å². The Morgan fingerprint density at radius 1 is 1.07 bits per heavy atom. The lowest BCUT2D eigenvalue weighted by Crippen LogP contribution is -2.37. The Hall–Kier alpha value is -1.59. The number of rotatable bonds is 6. The molecule has 0 aromatic rings. The molecule has 0 aliphatic rings. The normalized spacial score (nSPS) is 16.4. The molecule has 0 aromatic carbocycles. The van der Waals surface area contributed by atoms with Gasteiger partial charge in [-0.15, -0.1) is 0 Å². The van der Waals surface area contributed by atoms with E-state index >= 15 is 0 Å². The van der Waals surface area contributed by atoms with E-state index in [0.717, 1.165) is 0 Å². The zero-order valence-corrected chi connectivity index (χ0v) is 8.21. The lowest BCUT2D eigenvalue weighted by atomic mass is 9.81. The average molecular weight is 217 g/mol. The van der Waals surface area contributed by atoms with Gasteiger partial charge < -0.3 is 15.3 Å². The van der Waals surface area contributed by atoms with Crippen molar-refractivity contribution >= 4 is 17.9 Å². The van der Waals surface area contributed by atoms with Gasteiger partial charge in [-0.25, -0.2) is 0 Å². The fourth-order valence-corrected chi connectivity index (χ4v) is 1.36. The summed E-state index contributed by atoms with van der Waals surface area (Å²) in [6.45, 7) is 4.66. The zero-order valence-electron chi connectivity index (χ0n) is 8.21. The molecule has 0 saturated carbocycles. The van der Waals surface area contributed by atoms with E-state index in [1.54, 1.807) is 0 Å². The Kier molecular flexibility index (Phi) is 4.77. The van der Waals surface area contributed by atoms with E-state index in [2.05, 4.69) is 6.92 Å². The molecular formula is C9H13O6. The third-order valence-corrected chi connectivity index (χ3v) is 2.23. The molecule has 1 radical (unpaired) electrons. The van der Waals surface area contributed by atoms with Crippen molar-refractivity contribution in [3.05, 3.63) is 6.92 Å². The largest absolute Gasteiger partial charge is 0.481 e. The van der Waals surface area contributed by atoms with Crippen LogP contribution in [0.3, 0.4) is 0 Å². The maximum Gasteiger partial charge on any atom is 0.308 e. The molecule has 3 unspecified atom stereocenters. The molecule has 15 heavy (non-hydrogen) atoms. The van der Waals surface area contributed by atoms with E-state index in [1.165, 1.54) is 6.92 Å². The van der Waals surface area contributed by atoms with Gasteiger partial charge in [0.2, 0.25) is 0 Å². The maximum atomic E-state index is 10.8. The number of carboxylic acid groups (broad SMARTS) is 3. The second-order valence-electron chi connectivity index (χ2n) is 3.16. The Balaban J connectivity index is 5.02. The Bertz CT molecular complexity index is 272. The quantitative estimate of drug-likeness (QED) is 0.591. The summed E-state index contributed by atoms with van der Waals surface area (Å²) in [6, 6.07) is 0. The summed E-state index contributed by atoms with van der Waals surface area (Å²) in [5.41, 5.74) is 0. The van der Waals surface area contributed by atoms with Crippen LogP contribution in [0.25, 0.3) is 0 Å². The number of aliphatic carboxylic acids is 3. The van der Waals surface area contributed by atoms with Crippen molar-refractivity contribution in [3.8, 4) is 0 Å². The summed E-state index contributed by atoms with van der Waals surface area (Å²) < 4.78 is 0. The second kappa shape index (κ2) is 5.33. The molecule has 0 heterocycles. The predicted octanol–water partition coefficient (Wildman–Crippen LogP) is 0.333. The van der Waals surface area contributed by atoms with E-state index in [4.69, 9.17) is 15.3 Å². The monoisotopic (exact) mass is 217 g/mol. The zero-order chi connectivity index (χ0) is 12.2. The van der Waals surface area contributed by atoms with Crippen molar-refractivity contribution in [3.63, 3.8) is 0 Å². The third-order valence-electron chi connectivity index (χ3n) is 2.23. The summed E-state index contributed by atoms with van der Waals surface area (Å²) in [5, 5.41) is 26.1. The van der Waals surface area contributed by atoms with Gasteiger partial charge in [-0.3, -0.25) is 14.4 Å². The van der Waals surface area contributed by atoms with Crippen LogP contribution in [0.4, 0.5) is 0 Å². The van der Waals surface area contributed by atoms with Crippen molar-refractivity contribution in [1.29, 1.82) is 0 Å². The smallest absolute Gasteiger partial charge is 0.308 e. The molecule has 3 N–H and O–H groups in total. The second-order valence-corrected chi connectivity index (χ2v) is 3.16. The highest BCUT2D eigenvalue weighted by Gasteiger charge is 2.39. The highest BCUT2D eigenvalue weighted by atomic mass is 16.4. The van der Waals surface area contributed by atoms with Crippen molar-refractivity contribution < 1.29 is 29.7 Å². The first-order chi connectivity index (χ1) is 6.82. The van der Waals surface area contributed by atoms with Gasteiger partial charge in [-0.1, -0.05) is 6.92 Å². The van der Waals surface area contributed by atoms with Crippen LogP contribution in [0, 0.1) is 24.7 Å². The van der Waals surface area contributed by atoms with E-state index in [1.807, 2.05) is 0 Å². The lowest BCUT2D eigenvalue weighted by Gasteiger charge is -2.21. The highest BCUT2D eigenvalue weighted by molar-refractivity contribution is 5.85. The minimum Gasteiger partial charge on any atom is -0.481 e. The van der Waals surface area contributed by atoms with Crippen molar-refractivity contribution in [2.75, 3.05) is 0 Å². The maximum absolute atomic E-state index is 10.8. The van der Waals surface area contributed by atoms with Gasteiger partial charge in [0.1, 0.15) is 0 Å². The standard InChI is InChI=1S/C9H13O6/c1-3-5(8(12)13)6(9(14)15)4(2)7(10)11/h4-6H,2-3H2,1H3,(H,10,11)(H,12,13)(H,14,15). The Morgan fingerprint density at radius 2 is 1.53 bits per heavy atom. The molecule has 0 fully saturated rings. The molecule has 6 nitrogen and oxygen atoms in total. The molecule has 0 rings (SSSR count). The summed E-state index contributed by atoms with van der Waals surface area (Å²) in [7, 11) is 0. The molecule has 6 heteroatoms. The molecule has 0 aliphatic heterocycles. The number of carboxylic acids is 3. The summed E-state index contributed by atoms with van der Waals surface area (Å²) >= 11 is 0. The van der Waals surface area contributed by atoms with Crippen LogP contribution >= 0.6 is 0 Å². The van der Waals surface area contributed by atoms with Crippen LogP contribution < -0.4 is 0 Å². The van der Waals surface area contributed by atoms with Crippen molar-refractivity contribution in [2.45, 2.75) is 13.3 Å². The third kappa shape index (κ3) is 3.23. The Morgan fingerprint density at radius 3 is 1.73 bits per heavy atom. The van der Waals surface area contributed by atoms with Gasteiger partial charge in [0, 0.05) is 0 Å². The number of hydrogen-bond acceptors (Lipinski definition) is 3. The minimum atomic E-state index is -1.51. The van der Waals surface area contributed by atoms with Gasteiger partial charge in [0.05, 0.1) is 17.8 Å². The van der Waals surface area contributed by atoms with Gasteiger partial charge in [0.25, 0.3) is 0 Å². The lowest BCUT2D eigenvalue weighted by molar-refractivity contribution is -0.160. The molecule has 0 amide bonds. The number of carbonyl (C=O) groups is 3. The van der Waals surface area contributed by atoms with Crippen LogP contribution in [-0.2, 0) is 14.4 Å². The van der Waals surface area contributed by atoms with E-state index < -0.39 is 35.7 Å². The first-order valence-corrected chi connectivity index (χ1v) is 4.34. The van der Waals surface area contributed by atoms with Crippen molar-refractivity contribution in [1.82, 2.24) is 0 Å².